The molecule has 2 N–H and O–H groups in total. The number of hydrogen-bond donors (Lipinski definition) is 2. The van der Waals surface area contributed by atoms with Gasteiger partial charge in [-0.15, -0.1) is 0 Å². The first-order valence-corrected chi connectivity index (χ1v) is 9.15. The molecule has 2 heterocycles. The lowest BCUT2D eigenvalue weighted by Crippen LogP contribution is -2.35. The molecule has 1 aromatic carbocycles. The average molecular weight is 367 g/mol. The van der Waals surface area contributed by atoms with Crippen molar-refractivity contribution in [2.24, 2.45) is 5.92 Å². The Morgan fingerprint density at radius 2 is 1.93 bits per heavy atom. The molecule has 2 aromatic rings. The maximum absolute atomic E-state index is 12.7. The second kappa shape index (κ2) is 8.12. The summed E-state index contributed by atoms with van der Waals surface area (Å²) in [5.74, 6) is -0.102. The summed E-state index contributed by atoms with van der Waals surface area (Å²) in [5.41, 5.74) is 1.31. The fourth-order valence-electron chi connectivity index (χ4n) is 3.23. The molecule has 0 bridgehead atoms. The van der Waals surface area contributed by atoms with Crippen LogP contribution >= 0.6 is 0 Å². The molecule has 0 spiro atoms. The number of nitrogens with zero attached hydrogens (tertiary/aromatic N) is 3. The van der Waals surface area contributed by atoms with Crippen molar-refractivity contribution >= 4 is 11.5 Å². The van der Waals surface area contributed by atoms with Crippen molar-refractivity contribution in [2.75, 3.05) is 6.54 Å². The monoisotopic (exact) mass is 367 g/mol. The van der Waals surface area contributed by atoms with E-state index in [1.165, 1.54) is 0 Å². The minimum atomic E-state index is -0.359. The summed E-state index contributed by atoms with van der Waals surface area (Å²) in [7, 11) is 0. The van der Waals surface area contributed by atoms with Crippen LogP contribution in [0.4, 0.5) is 0 Å². The minimum Gasteiger partial charge on any atom is -0.508 e. The van der Waals surface area contributed by atoms with Crippen LogP contribution in [0, 0.1) is 5.92 Å². The second-order valence-corrected chi connectivity index (χ2v) is 7.04. The van der Waals surface area contributed by atoms with Crippen molar-refractivity contribution in [3.8, 4) is 5.75 Å². The fraction of sp³-hybridized carbons (Fsp3) is 0.333. The molecule has 6 nitrogen and oxygen atoms in total. The molecule has 3 rings (SSSR count). The number of benzene rings is 1. The van der Waals surface area contributed by atoms with Gasteiger partial charge in [0, 0.05) is 31.1 Å². The topological polar surface area (TPSA) is 78.6 Å². The molecule has 0 radical (unpaired) electrons. The van der Waals surface area contributed by atoms with Gasteiger partial charge in [0.15, 0.2) is 5.76 Å². The quantitative estimate of drug-likeness (QED) is 0.736. The Bertz CT molecular complexity index is 836. The van der Waals surface area contributed by atoms with Crippen LogP contribution in [0.2, 0.25) is 0 Å². The predicted molar refractivity (Wildman–Crippen MR) is 104 cm³/mol. The van der Waals surface area contributed by atoms with E-state index in [1.54, 1.807) is 41.7 Å². The lowest BCUT2D eigenvalue weighted by Gasteiger charge is -2.25. The summed E-state index contributed by atoms with van der Waals surface area (Å²) >= 11 is 0. The first-order chi connectivity index (χ1) is 13.0. The van der Waals surface area contributed by atoms with Gasteiger partial charge in [-0.05, 0) is 30.0 Å². The van der Waals surface area contributed by atoms with E-state index in [4.69, 9.17) is 0 Å². The highest BCUT2D eigenvalue weighted by Crippen LogP contribution is 2.34. The highest BCUT2D eigenvalue weighted by atomic mass is 16.3. The molecule has 1 aliphatic heterocycles. The summed E-state index contributed by atoms with van der Waals surface area (Å²) < 4.78 is 1.97. The van der Waals surface area contributed by atoms with Crippen LogP contribution in [0.15, 0.2) is 60.9 Å². The summed E-state index contributed by atoms with van der Waals surface area (Å²) in [6, 6.07) is 6.24. The lowest BCUT2D eigenvalue weighted by atomic mass is 9.97. The van der Waals surface area contributed by atoms with Gasteiger partial charge in [0.05, 0.1) is 12.4 Å². The molecule has 1 aliphatic rings. The summed E-state index contributed by atoms with van der Waals surface area (Å²) in [6.45, 7) is 5.41. The van der Waals surface area contributed by atoms with Crippen molar-refractivity contribution in [3.05, 3.63) is 66.5 Å². The van der Waals surface area contributed by atoms with Crippen LogP contribution in [0.25, 0.3) is 5.57 Å². The molecular weight excluding hydrogens is 342 g/mol. The molecule has 1 unspecified atom stereocenters. The van der Waals surface area contributed by atoms with Gasteiger partial charge in [0.2, 0.25) is 0 Å². The minimum absolute atomic E-state index is 0.148. The van der Waals surface area contributed by atoms with E-state index in [-0.39, 0.29) is 23.5 Å². The highest BCUT2D eigenvalue weighted by molar-refractivity contribution is 6.05. The van der Waals surface area contributed by atoms with E-state index in [9.17, 15) is 15.0 Å². The second-order valence-electron chi connectivity index (χ2n) is 7.04. The number of amides is 1. The van der Waals surface area contributed by atoms with Gasteiger partial charge in [-0.2, -0.15) is 0 Å². The van der Waals surface area contributed by atoms with Crippen LogP contribution in [0.5, 0.6) is 5.75 Å². The van der Waals surface area contributed by atoms with Gasteiger partial charge < -0.3 is 19.7 Å². The third-order valence-electron chi connectivity index (χ3n) is 4.58. The number of allylic oxidation sites excluding steroid dienone is 1. The summed E-state index contributed by atoms with van der Waals surface area (Å²) in [5, 5.41) is 20.1. The van der Waals surface area contributed by atoms with Crippen LogP contribution in [-0.2, 0) is 11.3 Å². The number of aliphatic hydroxyl groups excluding tert-OH is 1. The van der Waals surface area contributed by atoms with Gasteiger partial charge in [0.25, 0.3) is 5.91 Å². The molecular formula is C21H25N3O3. The number of carbonyl (C=O) groups excluding carboxylic acids is 1. The van der Waals surface area contributed by atoms with Crippen molar-refractivity contribution in [1.82, 2.24) is 14.5 Å². The Hall–Kier alpha value is -3.02. The van der Waals surface area contributed by atoms with Gasteiger partial charge >= 0.3 is 0 Å². The van der Waals surface area contributed by atoms with Gasteiger partial charge in [-0.3, -0.25) is 4.79 Å². The van der Waals surface area contributed by atoms with Gasteiger partial charge in [-0.25, -0.2) is 4.98 Å². The highest BCUT2D eigenvalue weighted by Gasteiger charge is 2.38. The number of phenolic OH excluding ortho intramolecular Hbond substituents is 1. The van der Waals surface area contributed by atoms with Crippen LogP contribution in [0.3, 0.4) is 0 Å². The molecule has 0 saturated carbocycles. The van der Waals surface area contributed by atoms with Gasteiger partial charge in [-0.1, -0.05) is 38.1 Å². The van der Waals surface area contributed by atoms with E-state index in [2.05, 4.69) is 18.8 Å². The Morgan fingerprint density at radius 1 is 1.19 bits per heavy atom. The third-order valence-corrected chi connectivity index (χ3v) is 4.58. The molecule has 1 aromatic heterocycles. The number of rotatable bonds is 7. The largest absolute Gasteiger partial charge is 0.508 e. The Kier molecular flexibility index (Phi) is 5.64. The maximum Gasteiger partial charge on any atom is 0.289 e. The molecule has 0 fully saturated rings. The number of phenols is 1. The van der Waals surface area contributed by atoms with E-state index in [1.807, 2.05) is 22.9 Å². The van der Waals surface area contributed by atoms with Crippen molar-refractivity contribution in [2.45, 2.75) is 32.9 Å². The zero-order chi connectivity index (χ0) is 19.4. The maximum atomic E-state index is 12.7. The zero-order valence-corrected chi connectivity index (χ0v) is 15.6. The molecule has 0 saturated heterocycles. The lowest BCUT2D eigenvalue weighted by molar-refractivity contribution is -0.128. The van der Waals surface area contributed by atoms with Crippen molar-refractivity contribution in [3.63, 3.8) is 0 Å². The smallest absolute Gasteiger partial charge is 0.289 e. The molecule has 142 valence electrons. The van der Waals surface area contributed by atoms with Crippen LogP contribution < -0.4 is 0 Å². The number of aliphatic hydroxyl groups is 1. The molecule has 0 aliphatic carbocycles. The Balaban J connectivity index is 1.84. The van der Waals surface area contributed by atoms with Crippen molar-refractivity contribution < 1.29 is 15.0 Å². The molecule has 1 amide bonds. The summed E-state index contributed by atoms with van der Waals surface area (Å²) in [4.78, 5) is 18.4. The SMILES string of the molecule is CC(C)C=CC1C(c2ccc(O)cc2)=C(O)C(=O)N1CCCn1ccnc1. The van der Waals surface area contributed by atoms with E-state index in [0.717, 1.165) is 18.5 Å². The average Bonchev–Trinajstić information content (AvgIpc) is 3.23. The number of aromatic hydroxyl groups is 1. The predicted octanol–water partition coefficient (Wildman–Crippen LogP) is 3.37. The normalized spacial score (nSPS) is 17.7. The van der Waals surface area contributed by atoms with E-state index >= 15 is 0 Å². The number of aryl methyl sites for hydroxylation is 1. The molecule has 27 heavy (non-hydrogen) atoms. The number of hydrogen-bond acceptors (Lipinski definition) is 4. The zero-order valence-electron chi connectivity index (χ0n) is 15.6. The first kappa shape index (κ1) is 18.8. The Labute approximate surface area is 159 Å². The van der Waals surface area contributed by atoms with Crippen LogP contribution in [-0.4, -0.2) is 43.2 Å². The van der Waals surface area contributed by atoms with E-state index < -0.39 is 0 Å². The fourth-order valence-corrected chi connectivity index (χ4v) is 3.23. The van der Waals surface area contributed by atoms with Crippen molar-refractivity contribution in [1.29, 1.82) is 0 Å². The number of carbonyl (C=O) groups is 1. The Morgan fingerprint density at radius 3 is 2.56 bits per heavy atom. The molecule has 6 heteroatoms. The third kappa shape index (κ3) is 4.22. The van der Waals surface area contributed by atoms with Gasteiger partial charge in [0.1, 0.15) is 5.75 Å². The number of imidazole rings is 1. The number of aromatic nitrogens is 2. The van der Waals surface area contributed by atoms with E-state index in [0.29, 0.717) is 18.0 Å². The summed E-state index contributed by atoms with van der Waals surface area (Å²) in [6.07, 6.45) is 10.1. The van der Waals surface area contributed by atoms with Crippen LogP contribution in [0.1, 0.15) is 25.8 Å². The first-order valence-electron chi connectivity index (χ1n) is 9.15. The standard InChI is InChI=1S/C21H25N3O3/c1-15(2)4-9-18-19(16-5-7-17(25)8-6-16)20(26)21(27)24(18)12-3-11-23-13-10-22-14-23/h4-10,13-15,18,25-26H,3,11-12H2,1-2H3. The molecule has 1 atom stereocenters.